The first kappa shape index (κ1) is 16.2. The van der Waals surface area contributed by atoms with Gasteiger partial charge in [-0.05, 0) is 38.8 Å². The van der Waals surface area contributed by atoms with Crippen molar-refractivity contribution in [2.24, 2.45) is 7.05 Å². The lowest BCUT2D eigenvalue weighted by Crippen LogP contribution is -2.45. The molecule has 1 aliphatic rings. The van der Waals surface area contributed by atoms with Crippen LogP contribution in [0.25, 0.3) is 0 Å². The van der Waals surface area contributed by atoms with Crippen LogP contribution in [0.5, 0.6) is 0 Å². The van der Waals surface area contributed by atoms with Crippen LogP contribution in [-0.4, -0.2) is 39.1 Å². The number of aromatic nitrogens is 4. The average molecular weight is 335 g/mol. The largest absolute Gasteiger partial charge is 0.354 e. The van der Waals surface area contributed by atoms with E-state index < -0.39 is 0 Å². The number of piperidine rings is 1. The lowest BCUT2D eigenvalue weighted by Gasteiger charge is -2.33. The molecule has 1 aliphatic heterocycles. The van der Waals surface area contributed by atoms with E-state index >= 15 is 0 Å². The molecule has 0 aliphatic carbocycles. The summed E-state index contributed by atoms with van der Waals surface area (Å²) < 4.78 is 1.73. The summed E-state index contributed by atoms with van der Waals surface area (Å²) in [5.74, 6) is 0.956. The van der Waals surface area contributed by atoms with Gasteiger partial charge in [0.1, 0.15) is 5.15 Å². The second-order valence-corrected chi connectivity index (χ2v) is 6.54. The highest BCUT2D eigenvalue weighted by Gasteiger charge is 2.22. The summed E-state index contributed by atoms with van der Waals surface area (Å²) in [5.41, 5.74) is 3.02. The molecular weight excluding hydrogens is 312 g/mol. The van der Waals surface area contributed by atoms with E-state index in [1.807, 2.05) is 33.0 Å². The van der Waals surface area contributed by atoms with Gasteiger partial charge in [0, 0.05) is 38.3 Å². The predicted molar refractivity (Wildman–Crippen MR) is 91.8 cm³/mol. The number of halogens is 1. The van der Waals surface area contributed by atoms with Gasteiger partial charge in [-0.2, -0.15) is 10.2 Å². The van der Waals surface area contributed by atoms with Gasteiger partial charge < -0.3 is 10.2 Å². The molecule has 1 N–H and O–H groups in total. The van der Waals surface area contributed by atoms with Gasteiger partial charge >= 0.3 is 0 Å². The number of nitrogens with zero attached hydrogens (tertiary/aromatic N) is 5. The Morgan fingerprint density at radius 3 is 2.78 bits per heavy atom. The van der Waals surface area contributed by atoms with Crippen LogP contribution in [0, 0.1) is 13.8 Å². The van der Waals surface area contributed by atoms with Gasteiger partial charge in [0.15, 0.2) is 5.82 Å². The number of nitrogens with one attached hydrogen (secondary N) is 1. The standard InChI is InChI=1S/C16H23ClN6/c1-11-6-7-15(20-19-11)23-8-4-5-13(10-23)18-9-14-12(2)21-22(3)16(14)17/h6-7,13,18H,4-5,8-10H2,1-3H3/t13-/m1/s1. The van der Waals surface area contributed by atoms with E-state index in [0.29, 0.717) is 11.2 Å². The Bertz CT molecular complexity index is 666. The van der Waals surface area contributed by atoms with Gasteiger partial charge in [-0.1, -0.05) is 11.6 Å². The van der Waals surface area contributed by atoms with E-state index in [1.165, 1.54) is 0 Å². The van der Waals surface area contributed by atoms with E-state index in [0.717, 1.165) is 55.2 Å². The first-order chi connectivity index (χ1) is 11.0. The van der Waals surface area contributed by atoms with Crippen LogP contribution in [0.2, 0.25) is 5.15 Å². The monoisotopic (exact) mass is 334 g/mol. The zero-order valence-corrected chi connectivity index (χ0v) is 14.6. The third-order valence-corrected chi connectivity index (χ3v) is 4.84. The molecule has 2 aromatic rings. The molecule has 1 atom stereocenters. The van der Waals surface area contributed by atoms with Crippen molar-refractivity contribution in [3.8, 4) is 0 Å². The molecule has 6 nitrogen and oxygen atoms in total. The molecule has 3 rings (SSSR count). The molecule has 3 heterocycles. The summed E-state index contributed by atoms with van der Waals surface area (Å²) in [4.78, 5) is 2.30. The van der Waals surface area contributed by atoms with Crippen LogP contribution in [0.1, 0.15) is 29.8 Å². The molecule has 2 aromatic heterocycles. The lowest BCUT2D eigenvalue weighted by molar-refractivity contribution is 0.419. The van der Waals surface area contributed by atoms with E-state index in [-0.39, 0.29) is 0 Å². The molecule has 1 saturated heterocycles. The second kappa shape index (κ2) is 6.84. The second-order valence-electron chi connectivity index (χ2n) is 6.18. The number of hydrogen-bond acceptors (Lipinski definition) is 5. The Hall–Kier alpha value is -1.66. The van der Waals surface area contributed by atoms with Crippen molar-refractivity contribution in [3.05, 3.63) is 34.2 Å². The van der Waals surface area contributed by atoms with Crippen molar-refractivity contribution in [2.45, 2.75) is 39.3 Å². The van der Waals surface area contributed by atoms with Crippen molar-refractivity contribution < 1.29 is 0 Å². The summed E-state index contributed by atoms with van der Waals surface area (Å²) in [6, 6.07) is 4.48. The van der Waals surface area contributed by atoms with Crippen LogP contribution < -0.4 is 10.2 Å². The Balaban J connectivity index is 1.61. The maximum absolute atomic E-state index is 6.30. The van der Waals surface area contributed by atoms with Crippen LogP contribution in [0.15, 0.2) is 12.1 Å². The van der Waals surface area contributed by atoms with Crippen molar-refractivity contribution in [1.82, 2.24) is 25.3 Å². The summed E-state index contributed by atoms with van der Waals surface area (Å²) >= 11 is 6.30. The van der Waals surface area contributed by atoms with Gasteiger partial charge in [0.05, 0.1) is 11.4 Å². The molecule has 0 spiro atoms. The number of rotatable bonds is 4. The highest BCUT2D eigenvalue weighted by atomic mass is 35.5. The minimum atomic E-state index is 0.419. The molecule has 0 unspecified atom stereocenters. The number of aryl methyl sites for hydroxylation is 3. The number of anilines is 1. The molecule has 0 aromatic carbocycles. The molecule has 7 heteroatoms. The van der Waals surface area contributed by atoms with Crippen LogP contribution in [-0.2, 0) is 13.6 Å². The van der Waals surface area contributed by atoms with Gasteiger partial charge in [0.25, 0.3) is 0 Å². The molecule has 0 bridgehead atoms. The fourth-order valence-electron chi connectivity index (χ4n) is 3.03. The predicted octanol–water partition coefficient (Wildman–Crippen LogP) is 2.24. The summed E-state index contributed by atoms with van der Waals surface area (Å²) in [6.45, 7) is 6.67. The minimum Gasteiger partial charge on any atom is -0.354 e. The zero-order valence-electron chi connectivity index (χ0n) is 13.9. The Kier molecular flexibility index (Phi) is 4.82. The van der Waals surface area contributed by atoms with E-state index in [9.17, 15) is 0 Å². The van der Waals surface area contributed by atoms with E-state index in [4.69, 9.17) is 11.6 Å². The molecule has 1 fully saturated rings. The van der Waals surface area contributed by atoms with Crippen molar-refractivity contribution >= 4 is 17.4 Å². The van der Waals surface area contributed by atoms with E-state index in [1.54, 1.807) is 4.68 Å². The fourth-order valence-corrected chi connectivity index (χ4v) is 3.27. The maximum Gasteiger partial charge on any atom is 0.151 e. The molecule has 0 amide bonds. The van der Waals surface area contributed by atoms with E-state index in [2.05, 4.69) is 25.5 Å². The molecular formula is C16H23ClN6. The van der Waals surface area contributed by atoms with Gasteiger partial charge in [-0.25, -0.2) is 0 Å². The highest BCUT2D eigenvalue weighted by Crippen LogP contribution is 2.20. The lowest BCUT2D eigenvalue weighted by atomic mass is 10.1. The SMILES string of the molecule is Cc1ccc(N2CCC[C@@H](NCc3c(C)nn(C)c3Cl)C2)nn1. The van der Waals surface area contributed by atoms with Crippen LogP contribution >= 0.6 is 11.6 Å². The Morgan fingerprint density at radius 1 is 1.30 bits per heavy atom. The smallest absolute Gasteiger partial charge is 0.151 e. The average Bonchev–Trinajstić information content (AvgIpc) is 2.79. The quantitative estimate of drug-likeness (QED) is 0.929. The summed E-state index contributed by atoms with van der Waals surface area (Å²) in [5, 5.41) is 17.2. The van der Waals surface area contributed by atoms with Crippen LogP contribution in [0.3, 0.4) is 0 Å². The molecule has 0 saturated carbocycles. The third kappa shape index (κ3) is 3.64. The summed E-state index contributed by atoms with van der Waals surface area (Å²) in [7, 11) is 1.87. The Morgan fingerprint density at radius 2 is 2.13 bits per heavy atom. The number of hydrogen-bond donors (Lipinski definition) is 1. The van der Waals surface area contributed by atoms with Crippen molar-refractivity contribution in [1.29, 1.82) is 0 Å². The Labute approximate surface area is 141 Å². The summed E-state index contributed by atoms with van der Waals surface area (Å²) in [6.07, 6.45) is 2.31. The normalized spacial score (nSPS) is 18.4. The first-order valence-corrected chi connectivity index (χ1v) is 8.39. The topological polar surface area (TPSA) is 58.9 Å². The first-order valence-electron chi connectivity index (χ1n) is 8.01. The van der Waals surface area contributed by atoms with Crippen molar-refractivity contribution in [2.75, 3.05) is 18.0 Å². The maximum atomic E-state index is 6.30. The van der Waals surface area contributed by atoms with Crippen LogP contribution in [0.4, 0.5) is 5.82 Å². The highest BCUT2D eigenvalue weighted by molar-refractivity contribution is 6.30. The van der Waals surface area contributed by atoms with Gasteiger partial charge in [-0.3, -0.25) is 4.68 Å². The molecule has 0 radical (unpaired) electrons. The molecule has 23 heavy (non-hydrogen) atoms. The van der Waals surface area contributed by atoms with Crippen molar-refractivity contribution in [3.63, 3.8) is 0 Å². The van der Waals surface area contributed by atoms with Gasteiger partial charge in [0.2, 0.25) is 0 Å². The minimum absolute atomic E-state index is 0.419. The zero-order chi connectivity index (χ0) is 16.4. The third-order valence-electron chi connectivity index (χ3n) is 4.37. The fraction of sp³-hybridized carbons (Fsp3) is 0.562. The molecule has 124 valence electrons. The van der Waals surface area contributed by atoms with Gasteiger partial charge in [-0.15, -0.1) is 5.10 Å².